The molecule has 21 heavy (non-hydrogen) atoms. The second-order valence-electron chi connectivity index (χ2n) is 4.34. The van der Waals surface area contributed by atoms with Gasteiger partial charge in [0, 0.05) is 5.56 Å². The number of ether oxygens (including phenoxy) is 5. The number of benzene rings is 1. The fourth-order valence-electron chi connectivity index (χ4n) is 2.14. The van der Waals surface area contributed by atoms with Gasteiger partial charge in [0.1, 0.15) is 12.4 Å². The van der Waals surface area contributed by atoms with E-state index >= 15 is 0 Å². The summed E-state index contributed by atoms with van der Waals surface area (Å²) in [4.78, 5) is 11.1. The van der Waals surface area contributed by atoms with Crippen LogP contribution in [0.15, 0.2) is 18.7 Å². The normalized spacial score (nSPS) is 12.1. The van der Waals surface area contributed by atoms with Crippen LogP contribution in [0.1, 0.15) is 11.1 Å². The lowest BCUT2D eigenvalue weighted by Crippen LogP contribution is -2.11. The quantitative estimate of drug-likeness (QED) is 0.565. The number of carbonyl (C=O) groups excluding carboxylic acids is 1. The summed E-state index contributed by atoms with van der Waals surface area (Å²) in [6, 6.07) is 1.87. The van der Waals surface area contributed by atoms with Gasteiger partial charge in [-0.3, -0.25) is 0 Å². The van der Waals surface area contributed by atoms with Gasteiger partial charge in [-0.15, -0.1) is 6.58 Å². The minimum absolute atomic E-state index is 0.138. The standard InChI is InChI=1S/C15H18O6/c1-4-5-10-6-12-15(21-9-20-12)11(14(10)18-3)7-19-8-13(16)17-2/h4,6H,1,5,7-9H2,2-3H3. The molecule has 0 fully saturated rings. The van der Waals surface area contributed by atoms with E-state index in [0.717, 1.165) is 5.56 Å². The Kier molecular flexibility index (Phi) is 5.05. The Morgan fingerprint density at radius 2 is 2.24 bits per heavy atom. The third-order valence-electron chi connectivity index (χ3n) is 3.05. The van der Waals surface area contributed by atoms with Crippen molar-refractivity contribution in [3.05, 3.63) is 29.8 Å². The summed E-state index contributed by atoms with van der Waals surface area (Å²) in [7, 11) is 2.89. The molecule has 0 atom stereocenters. The van der Waals surface area contributed by atoms with E-state index in [9.17, 15) is 4.79 Å². The van der Waals surface area contributed by atoms with Crippen molar-refractivity contribution in [2.24, 2.45) is 0 Å². The molecule has 0 saturated carbocycles. The molecular formula is C15H18O6. The number of rotatable bonds is 7. The van der Waals surface area contributed by atoms with Crippen LogP contribution in [0.3, 0.4) is 0 Å². The van der Waals surface area contributed by atoms with Crippen LogP contribution >= 0.6 is 0 Å². The van der Waals surface area contributed by atoms with E-state index in [2.05, 4.69) is 11.3 Å². The summed E-state index contributed by atoms with van der Waals surface area (Å²) < 4.78 is 26.2. The maximum Gasteiger partial charge on any atom is 0.331 e. The summed E-state index contributed by atoms with van der Waals surface area (Å²) in [5.74, 6) is 1.45. The lowest BCUT2D eigenvalue weighted by Gasteiger charge is -2.15. The Morgan fingerprint density at radius 1 is 1.43 bits per heavy atom. The molecule has 114 valence electrons. The van der Waals surface area contributed by atoms with E-state index in [0.29, 0.717) is 29.2 Å². The zero-order valence-corrected chi connectivity index (χ0v) is 12.1. The Hall–Kier alpha value is -2.21. The van der Waals surface area contributed by atoms with Gasteiger partial charge in [0.05, 0.1) is 26.4 Å². The summed E-state index contributed by atoms with van der Waals surface area (Å²) >= 11 is 0. The van der Waals surface area contributed by atoms with Crippen molar-refractivity contribution in [2.45, 2.75) is 13.0 Å². The Balaban J connectivity index is 2.28. The highest BCUT2D eigenvalue weighted by Gasteiger charge is 2.25. The number of hydrogen-bond acceptors (Lipinski definition) is 6. The zero-order chi connectivity index (χ0) is 15.2. The number of fused-ring (bicyclic) bond motifs is 1. The van der Waals surface area contributed by atoms with E-state index in [1.165, 1.54) is 7.11 Å². The van der Waals surface area contributed by atoms with E-state index in [-0.39, 0.29) is 20.0 Å². The largest absolute Gasteiger partial charge is 0.496 e. The van der Waals surface area contributed by atoms with Crippen molar-refractivity contribution in [3.63, 3.8) is 0 Å². The summed E-state index contributed by atoms with van der Waals surface area (Å²) in [6.07, 6.45) is 2.41. The van der Waals surface area contributed by atoms with Crippen LogP contribution in [-0.2, 0) is 27.3 Å². The summed E-state index contributed by atoms with van der Waals surface area (Å²) in [6.45, 7) is 3.91. The van der Waals surface area contributed by atoms with Crippen LogP contribution in [0.4, 0.5) is 0 Å². The molecule has 6 nitrogen and oxygen atoms in total. The first kappa shape index (κ1) is 15.2. The van der Waals surface area contributed by atoms with Crippen molar-refractivity contribution < 1.29 is 28.5 Å². The fraction of sp³-hybridized carbons (Fsp3) is 0.400. The number of methoxy groups -OCH3 is 2. The van der Waals surface area contributed by atoms with Gasteiger partial charge in [-0.2, -0.15) is 0 Å². The maximum atomic E-state index is 11.1. The van der Waals surface area contributed by atoms with Crippen LogP contribution in [0.5, 0.6) is 17.2 Å². The molecule has 0 bridgehead atoms. The second kappa shape index (κ2) is 6.99. The van der Waals surface area contributed by atoms with Gasteiger partial charge in [-0.1, -0.05) is 6.08 Å². The van der Waals surface area contributed by atoms with Crippen molar-refractivity contribution in [1.29, 1.82) is 0 Å². The monoisotopic (exact) mass is 294 g/mol. The third-order valence-corrected chi connectivity index (χ3v) is 3.05. The van der Waals surface area contributed by atoms with Crippen LogP contribution in [-0.4, -0.2) is 33.6 Å². The Bertz CT molecular complexity index is 537. The lowest BCUT2D eigenvalue weighted by atomic mass is 10.0. The first-order valence-electron chi connectivity index (χ1n) is 6.45. The molecule has 0 N–H and O–H groups in total. The highest BCUT2D eigenvalue weighted by atomic mass is 16.7. The van der Waals surface area contributed by atoms with Crippen LogP contribution in [0.25, 0.3) is 0 Å². The molecule has 0 spiro atoms. The SMILES string of the molecule is C=CCc1cc2c(c(COCC(=O)OC)c1OC)OCO2. The van der Waals surface area contributed by atoms with E-state index in [4.69, 9.17) is 18.9 Å². The molecule has 1 aromatic rings. The van der Waals surface area contributed by atoms with Gasteiger partial charge in [0.15, 0.2) is 11.5 Å². The van der Waals surface area contributed by atoms with Crippen molar-refractivity contribution in [2.75, 3.05) is 27.6 Å². The maximum absolute atomic E-state index is 11.1. The van der Waals surface area contributed by atoms with Gasteiger partial charge in [-0.25, -0.2) is 4.79 Å². The van der Waals surface area contributed by atoms with E-state index in [1.807, 2.05) is 6.07 Å². The number of esters is 1. The molecule has 6 heteroatoms. The number of carbonyl (C=O) groups is 1. The molecule has 0 radical (unpaired) electrons. The molecule has 0 aliphatic carbocycles. The molecule has 1 aromatic carbocycles. The second-order valence-corrected chi connectivity index (χ2v) is 4.34. The smallest absolute Gasteiger partial charge is 0.331 e. The van der Waals surface area contributed by atoms with E-state index < -0.39 is 5.97 Å². The molecule has 0 aromatic heterocycles. The molecule has 0 saturated heterocycles. The molecule has 1 heterocycles. The predicted molar refractivity (Wildman–Crippen MR) is 74.7 cm³/mol. The number of allylic oxidation sites excluding steroid dienone is 1. The Morgan fingerprint density at radius 3 is 2.90 bits per heavy atom. The molecule has 2 rings (SSSR count). The molecule has 1 aliphatic heterocycles. The van der Waals surface area contributed by atoms with Crippen LogP contribution in [0.2, 0.25) is 0 Å². The van der Waals surface area contributed by atoms with Gasteiger partial charge in [0.25, 0.3) is 0 Å². The van der Waals surface area contributed by atoms with Gasteiger partial charge < -0.3 is 23.7 Å². The summed E-state index contributed by atoms with van der Waals surface area (Å²) in [5, 5.41) is 0. The van der Waals surface area contributed by atoms with Gasteiger partial charge in [-0.05, 0) is 12.5 Å². The average Bonchev–Trinajstić information content (AvgIpc) is 2.95. The Labute approximate surface area is 123 Å². The first-order chi connectivity index (χ1) is 10.2. The zero-order valence-electron chi connectivity index (χ0n) is 12.1. The minimum Gasteiger partial charge on any atom is -0.496 e. The highest BCUT2D eigenvalue weighted by Crippen LogP contribution is 2.43. The van der Waals surface area contributed by atoms with Crippen molar-refractivity contribution >= 4 is 5.97 Å². The fourth-order valence-corrected chi connectivity index (χ4v) is 2.14. The van der Waals surface area contributed by atoms with Crippen LogP contribution in [0, 0.1) is 0 Å². The average molecular weight is 294 g/mol. The van der Waals surface area contributed by atoms with E-state index in [1.54, 1.807) is 13.2 Å². The first-order valence-corrected chi connectivity index (χ1v) is 6.45. The van der Waals surface area contributed by atoms with Gasteiger partial charge >= 0.3 is 5.97 Å². The summed E-state index contributed by atoms with van der Waals surface area (Å²) in [5.41, 5.74) is 1.64. The van der Waals surface area contributed by atoms with Crippen LogP contribution < -0.4 is 14.2 Å². The van der Waals surface area contributed by atoms with Gasteiger partial charge in [0.2, 0.25) is 6.79 Å². The molecular weight excluding hydrogens is 276 g/mol. The topological polar surface area (TPSA) is 63.2 Å². The third kappa shape index (κ3) is 3.28. The molecule has 0 unspecified atom stereocenters. The molecule has 1 aliphatic rings. The lowest BCUT2D eigenvalue weighted by molar-refractivity contribution is -0.146. The number of hydrogen-bond donors (Lipinski definition) is 0. The van der Waals surface area contributed by atoms with Crippen molar-refractivity contribution in [3.8, 4) is 17.2 Å². The predicted octanol–water partition coefficient (Wildman–Crippen LogP) is 1.84. The minimum atomic E-state index is -0.440. The van der Waals surface area contributed by atoms with Crippen molar-refractivity contribution in [1.82, 2.24) is 0 Å². The molecule has 0 amide bonds. The highest BCUT2D eigenvalue weighted by molar-refractivity contribution is 5.70.